The first kappa shape index (κ1) is 14.3. The van der Waals surface area contributed by atoms with Crippen molar-refractivity contribution in [3.63, 3.8) is 0 Å². The van der Waals surface area contributed by atoms with Crippen LogP contribution < -0.4 is 5.32 Å². The van der Waals surface area contributed by atoms with Crippen LogP contribution in [0.5, 0.6) is 0 Å². The summed E-state index contributed by atoms with van der Waals surface area (Å²) in [6.07, 6.45) is 12.9. The smallest absolute Gasteiger partial charge is 0.0576 e. The quantitative estimate of drug-likeness (QED) is 0.778. The van der Waals surface area contributed by atoms with Crippen LogP contribution in [-0.2, 0) is 4.74 Å². The molecule has 1 N–H and O–H groups in total. The normalized spacial score (nSPS) is 34.7. The number of hydrogen-bond donors (Lipinski definition) is 1. The van der Waals surface area contributed by atoms with Gasteiger partial charge in [0.2, 0.25) is 0 Å². The second-order valence-corrected chi connectivity index (χ2v) is 6.48. The first-order chi connectivity index (χ1) is 8.79. The largest absolute Gasteiger partial charge is 0.378 e. The van der Waals surface area contributed by atoms with E-state index >= 15 is 0 Å². The highest BCUT2D eigenvalue weighted by atomic mass is 16.5. The molecule has 106 valence electrons. The Labute approximate surface area is 113 Å². The molecule has 0 aromatic rings. The third kappa shape index (κ3) is 4.24. The molecule has 2 heteroatoms. The van der Waals surface area contributed by atoms with Gasteiger partial charge in [0.15, 0.2) is 0 Å². The van der Waals surface area contributed by atoms with Crippen LogP contribution >= 0.6 is 0 Å². The van der Waals surface area contributed by atoms with E-state index < -0.39 is 0 Å². The zero-order valence-corrected chi connectivity index (χ0v) is 12.3. The average molecular weight is 253 g/mol. The van der Waals surface area contributed by atoms with Gasteiger partial charge in [-0.3, -0.25) is 0 Å². The van der Waals surface area contributed by atoms with E-state index in [9.17, 15) is 0 Å². The number of nitrogens with one attached hydrogen (secondary N) is 1. The van der Waals surface area contributed by atoms with Gasteiger partial charge in [0.1, 0.15) is 0 Å². The Morgan fingerprint density at radius 3 is 2.56 bits per heavy atom. The Kier molecular flexibility index (Phi) is 5.97. The molecule has 0 radical (unpaired) electrons. The molecule has 2 fully saturated rings. The van der Waals surface area contributed by atoms with Crippen molar-refractivity contribution in [2.24, 2.45) is 11.8 Å². The molecule has 1 aliphatic carbocycles. The molecule has 18 heavy (non-hydrogen) atoms. The fourth-order valence-electron chi connectivity index (χ4n) is 3.74. The standard InChI is InChI=1S/C16H31NO/c1-13-8-10-14(11-9-13)16(17-2)7-3-5-15-6-4-12-18-15/h13-17H,3-12H2,1-2H3. The second kappa shape index (κ2) is 7.49. The van der Waals surface area contributed by atoms with E-state index in [0.29, 0.717) is 6.10 Å². The molecule has 1 aliphatic heterocycles. The third-order valence-electron chi connectivity index (χ3n) is 5.07. The monoisotopic (exact) mass is 253 g/mol. The summed E-state index contributed by atoms with van der Waals surface area (Å²) in [6, 6.07) is 0.749. The number of ether oxygens (including phenoxy) is 1. The van der Waals surface area contributed by atoms with Gasteiger partial charge in [0, 0.05) is 12.6 Å². The Bertz CT molecular complexity index is 217. The van der Waals surface area contributed by atoms with Crippen molar-refractivity contribution in [1.29, 1.82) is 0 Å². The summed E-state index contributed by atoms with van der Waals surface area (Å²) in [5.74, 6) is 1.89. The zero-order valence-electron chi connectivity index (χ0n) is 12.3. The molecule has 1 saturated heterocycles. The maximum atomic E-state index is 5.71. The van der Waals surface area contributed by atoms with E-state index in [-0.39, 0.29) is 0 Å². The first-order valence-electron chi connectivity index (χ1n) is 8.08. The van der Waals surface area contributed by atoms with Crippen LogP contribution in [0.2, 0.25) is 0 Å². The summed E-state index contributed by atoms with van der Waals surface area (Å²) in [5.41, 5.74) is 0. The molecule has 0 bridgehead atoms. The van der Waals surface area contributed by atoms with Gasteiger partial charge in [-0.15, -0.1) is 0 Å². The number of rotatable bonds is 6. The topological polar surface area (TPSA) is 21.3 Å². The van der Waals surface area contributed by atoms with Crippen molar-refractivity contribution >= 4 is 0 Å². The maximum absolute atomic E-state index is 5.71. The van der Waals surface area contributed by atoms with Crippen LogP contribution in [0.4, 0.5) is 0 Å². The van der Waals surface area contributed by atoms with Gasteiger partial charge < -0.3 is 10.1 Å². The molecule has 1 heterocycles. The van der Waals surface area contributed by atoms with E-state index in [2.05, 4.69) is 19.3 Å². The summed E-state index contributed by atoms with van der Waals surface area (Å²) >= 11 is 0. The van der Waals surface area contributed by atoms with E-state index in [1.54, 1.807) is 0 Å². The van der Waals surface area contributed by atoms with Crippen LogP contribution in [-0.4, -0.2) is 25.8 Å². The molecule has 2 rings (SSSR count). The van der Waals surface area contributed by atoms with E-state index in [1.807, 2.05) is 0 Å². The highest BCUT2D eigenvalue weighted by molar-refractivity contribution is 4.80. The average Bonchev–Trinajstić information content (AvgIpc) is 2.89. The van der Waals surface area contributed by atoms with E-state index in [4.69, 9.17) is 4.74 Å². The van der Waals surface area contributed by atoms with Gasteiger partial charge >= 0.3 is 0 Å². The van der Waals surface area contributed by atoms with Crippen molar-refractivity contribution < 1.29 is 4.74 Å². The second-order valence-electron chi connectivity index (χ2n) is 6.48. The summed E-state index contributed by atoms with van der Waals surface area (Å²) in [4.78, 5) is 0. The Hall–Kier alpha value is -0.0800. The van der Waals surface area contributed by atoms with E-state index in [0.717, 1.165) is 24.5 Å². The molecule has 1 saturated carbocycles. The van der Waals surface area contributed by atoms with Gasteiger partial charge in [-0.2, -0.15) is 0 Å². The molecule has 2 unspecified atom stereocenters. The molecule has 2 aliphatic rings. The minimum Gasteiger partial charge on any atom is -0.378 e. The fourth-order valence-corrected chi connectivity index (χ4v) is 3.74. The van der Waals surface area contributed by atoms with Crippen LogP contribution in [0.1, 0.15) is 64.7 Å². The lowest BCUT2D eigenvalue weighted by Gasteiger charge is -2.32. The predicted octanol–water partition coefficient (Wildman–Crippen LogP) is 3.75. The zero-order chi connectivity index (χ0) is 12.8. The highest BCUT2D eigenvalue weighted by Gasteiger charge is 2.25. The third-order valence-corrected chi connectivity index (χ3v) is 5.07. The van der Waals surface area contributed by atoms with Gasteiger partial charge in [-0.05, 0) is 63.8 Å². The maximum Gasteiger partial charge on any atom is 0.0576 e. The number of hydrogen-bond acceptors (Lipinski definition) is 2. The van der Waals surface area contributed by atoms with Crippen LogP contribution in [0, 0.1) is 11.8 Å². The summed E-state index contributed by atoms with van der Waals surface area (Å²) < 4.78 is 5.71. The molecule has 0 aromatic heterocycles. The first-order valence-corrected chi connectivity index (χ1v) is 8.08. The molecule has 2 nitrogen and oxygen atoms in total. The minimum atomic E-state index is 0.578. The van der Waals surface area contributed by atoms with E-state index in [1.165, 1.54) is 57.8 Å². The van der Waals surface area contributed by atoms with Gasteiger partial charge in [0.05, 0.1) is 6.10 Å². The lowest BCUT2D eigenvalue weighted by Crippen LogP contribution is -2.35. The Balaban J connectivity index is 1.65. The van der Waals surface area contributed by atoms with Gasteiger partial charge in [0.25, 0.3) is 0 Å². The van der Waals surface area contributed by atoms with Crippen molar-refractivity contribution in [2.75, 3.05) is 13.7 Å². The molecule has 0 amide bonds. The lowest BCUT2D eigenvalue weighted by atomic mass is 9.78. The SMILES string of the molecule is CNC(CCCC1CCCO1)C1CCC(C)CC1. The lowest BCUT2D eigenvalue weighted by molar-refractivity contribution is 0.0998. The molecule has 0 aromatic carbocycles. The molecule has 0 spiro atoms. The minimum absolute atomic E-state index is 0.578. The summed E-state index contributed by atoms with van der Waals surface area (Å²) in [5, 5.41) is 3.57. The molecular weight excluding hydrogens is 222 g/mol. The van der Waals surface area contributed by atoms with Crippen molar-refractivity contribution in [3.8, 4) is 0 Å². The van der Waals surface area contributed by atoms with Gasteiger partial charge in [-0.25, -0.2) is 0 Å². The molecular formula is C16H31NO. The Morgan fingerprint density at radius 1 is 1.17 bits per heavy atom. The van der Waals surface area contributed by atoms with Gasteiger partial charge in [-0.1, -0.05) is 19.8 Å². The van der Waals surface area contributed by atoms with Crippen molar-refractivity contribution in [3.05, 3.63) is 0 Å². The van der Waals surface area contributed by atoms with Crippen LogP contribution in [0.25, 0.3) is 0 Å². The highest BCUT2D eigenvalue weighted by Crippen LogP contribution is 2.32. The van der Waals surface area contributed by atoms with Crippen LogP contribution in [0.15, 0.2) is 0 Å². The Morgan fingerprint density at radius 2 is 1.94 bits per heavy atom. The van der Waals surface area contributed by atoms with Crippen LogP contribution in [0.3, 0.4) is 0 Å². The van der Waals surface area contributed by atoms with Crippen molar-refractivity contribution in [2.45, 2.75) is 76.9 Å². The summed E-state index contributed by atoms with van der Waals surface area (Å²) in [6.45, 7) is 3.41. The van der Waals surface area contributed by atoms with Crippen molar-refractivity contribution in [1.82, 2.24) is 5.32 Å². The summed E-state index contributed by atoms with van der Waals surface area (Å²) in [7, 11) is 2.15. The fraction of sp³-hybridized carbons (Fsp3) is 1.00. The predicted molar refractivity (Wildman–Crippen MR) is 76.8 cm³/mol. The molecule has 2 atom stereocenters.